The van der Waals surface area contributed by atoms with Crippen LogP contribution in [0.4, 0.5) is 0 Å². The van der Waals surface area contributed by atoms with Crippen LogP contribution < -0.4 is 18.9 Å². The Bertz CT molecular complexity index is 2680. The van der Waals surface area contributed by atoms with E-state index in [1.807, 2.05) is 54.9 Å². The van der Waals surface area contributed by atoms with Crippen LogP contribution in [-0.2, 0) is 0 Å². The molecular weight excluding hydrogens is 821 g/mol. The van der Waals surface area contributed by atoms with E-state index in [0.29, 0.717) is 41.3 Å². The summed E-state index contributed by atoms with van der Waals surface area (Å²) in [6, 6.07) is 37.4. The summed E-state index contributed by atoms with van der Waals surface area (Å²) in [6.45, 7) is 8.88. The van der Waals surface area contributed by atoms with Crippen LogP contribution in [0.1, 0.15) is 75.7 Å². The molecule has 10 nitrogen and oxygen atoms in total. The van der Waals surface area contributed by atoms with E-state index in [4.69, 9.17) is 38.9 Å². The second-order valence-corrected chi connectivity index (χ2v) is 18.9. The SMILES string of the molecule is CC[C@@H]1CN2CC[C@H]1C[C@@H]2[C@H](Oc1nc(-c2ccccc2)nc(O[C@@H](c2ccnc3ccc(OC)cc23)[C@@H]2C[C@H]3CCN2C[C@H]3CC)c1-c1ccccc1)c1ccnc2ccc(OC)cc12. The van der Waals surface area contributed by atoms with Crippen molar-refractivity contribution in [2.24, 2.45) is 23.7 Å². The van der Waals surface area contributed by atoms with Crippen molar-refractivity contribution in [3.8, 4) is 45.8 Å². The molecule has 0 N–H and O–H groups in total. The van der Waals surface area contributed by atoms with Crippen molar-refractivity contribution < 1.29 is 18.9 Å². The first kappa shape index (κ1) is 42.5. The molecule has 3 aromatic heterocycles. The van der Waals surface area contributed by atoms with Gasteiger partial charge in [-0.25, -0.2) is 0 Å². The van der Waals surface area contributed by atoms with Crippen LogP contribution in [0.15, 0.2) is 122 Å². The van der Waals surface area contributed by atoms with Gasteiger partial charge in [0.2, 0.25) is 11.8 Å². The molecule has 10 atom stereocenters. The second kappa shape index (κ2) is 18.3. The molecule has 6 aliphatic heterocycles. The number of hydrogen-bond donors (Lipinski definition) is 0. The lowest BCUT2D eigenvalue weighted by Gasteiger charge is -2.52. The van der Waals surface area contributed by atoms with Gasteiger partial charge >= 0.3 is 0 Å². The first-order valence-corrected chi connectivity index (χ1v) is 24.2. The first-order valence-electron chi connectivity index (χ1n) is 24.2. The number of ether oxygens (including phenoxy) is 4. The van der Waals surface area contributed by atoms with Gasteiger partial charge in [0.15, 0.2) is 5.82 Å². The number of rotatable bonds is 14. The van der Waals surface area contributed by atoms with Gasteiger partial charge in [0.25, 0.3) is 0 Å². The van der Waals surface area contributed by atoms with Gasteiger partial charge in [0.1, 0.15) is 29.3 Å². The number of piperidine rings is 6. The number of hydrogen-bond acceptors (Lipinski definition) is 10. The molecule has 2 unspecified atom stereocenters. The van der Waals surface area contributed by atoms with Crippen molar-refractivity contribution >= 4 is 21.8 Å². The molecule has 6 aliphatic rings. The molecule has 0 radical (unpaired) electrons. The minimum absolute atomic E-state index is 0.106. The molecule has 6 fully saturated rings. The van der Waals surface area contributed by atoms with Gasteiger partial charge in [0.05, 0.1) is 37.3 Å². The monoisotopic (exact) mass is 880 g/mol. The minimum atomic E-state index is -0.393. The number of pyridine rings is 2. The largest absolute Gasteiger partial charge is 0.497 e. The predicted octanol–water partition coefficient (Wildman–Crippen LogP) is 11.4. The van der Waals surface area contributed by atoms with Crippen molar-refractivity contribution in [1.82, 2.24) is 29.7 Å². The van der Waals surface area contributed by atoms with E-state index in [1.165, 1.54) is 25.7 Å². The van der Waals surface area contributed by atoms with E-state index >= 15 is 0 Å². The predicted molar refractivity (Wildman–Crippen MR) is 260 cm³/mol. The zero-order chi connectivity index (χ0) is 44.7. The average Bonchev–Trinajstić information content (AvgIpc) is 3.39. The van der Waals surface area contributed by atoms with Crippen molar-refractivity contribution in [2.75, 3.05) is 40.4 Å². The maximum atomic E-state index is 7.76. The van der Waals surface area contributed by atoms with Crippen molar-refractivity contribution in [3.63, 3.8) is 0 Å². The van der Waals surface area contributed by atoms with Gasteiger partial charge < -0.3 is 18.9 Å². The Kier molecular flexibility index (Phi) is 11.8. The maximum Gasteiger partial charge on any atom is 0.229 e. The van der Waals surface area contributed by atoms with Gasteiger partial charge in [-0.2, -0.15) is 9.97 Å². The molecule has 4 bridgehead atoms. The summed E-state index contributed by atoms with van der Waals surface area (Å²) in [7, 11) is 3.44. The molecule has 0 aliphatic carbocycles. The molecule has 4 aromatic carbocycles. The fourth-order valence-electron chi connectivity index (χ4n) is 12.1. The Morgan fingerprint density at radius 1 is 0.576 bits per heavy atom. The molecule has 13 rings (SSSR count). The Balaban J connectivity index is 1.13. The lowest BCUT2D eigenvalue weighted by Crippen LogP contribution is -2.56. The number of nitrogens with zero attached hydrogens (tertiary/aromatic N) is 6. The van der Waals surface area contributed by atoms with E-state index in [-0.39, 0.29) is 12.1 Å². The van der Waals surface area contributed by atoms with Crippen LogP contribution in [-0.4, -0.2) is 82.2 Å². The van der Waals surface area contributed by atoms with E-state index in [2.05, 4.69) is 90.4 Å². The highest BCUT2D eigenvalue weighted by Crippen LogP contribution is 2.50. The van der Waals surface area contributed by atoms with Gasteiger partial charge in [-0.3, -0.25) is 19.8 Å². The lowest BCUT2D eigenvalue weighted by atomic mass is 9.72. The Morgan fingerprint density at radius 2 is 1.05 bits per heavy atom. The fourth-order valence-corrected chi connectivity index (χ4v) is 12.1. The minimum Gasteiger partial charge on any atom is -0.497 e. The molecular formula is C56H60N6O4. The van der Waals surface area contributed by atoms with Crippen LogP contribution in [0.5, 0.6) is 23.3 Å². The van der Waals surface area contributed by atoms with Crippen LogP contribution in [0.25, 0.3) is 44.3 Å². The summed E-state index contributed by atoms with van der Waals surface area (Å²) in [6.07, 6.45) is 9.90. The van der Waals surface area contributed by atoms with Crippen LogP contribution in [0.2, 0.25) is 0 Å². The van der Waals surface area contributed by atoms with Crippen LogP contribution in [0, 0.1) is 23.7 Å². The molecule has 66 heavy (non-hydrogen) atoms. The van der Waals surface area contributed by atoms with Crippen LogP contribution >= 0.6 is 0 Å². The topological polar surface area (TPSA) is 95.0 Å². The molecule has 0 saturated carbocycles. The Morgan fingerprint density at radius 3 is 1.47 bits per heavy atom. The quantitative estimate of drug-likeness (QED) is 0.105. The molecule has 6 saturated heterocycles. The number of methoxy groups -OCH3 is 2. The van der Waals surface area contributed by atoms with E-state index in [0.717, 1.165) is 100 Å². The van der Waals surface area contributed by atoms with Gasteiger partial charge in [-0.05, 0) is 117 Å². The average molecular weight is 881 g/mol. The second-order valence-electron chi connectivity index (χ2n) is 18.9. The highest BCUT2D eigenvalue weighted by molar-refractivity contribution is 5.85. The molecule has 338 valence electrons. The third-order valence-corrected chi connectivity index (χ3v) is 15.6. The summed E-state index contributed by atoms with van der Waals surface area (Å²) in [5, 5.41) is 2.02. The molecule has 10 heteroatoms. The zero-order valence-electron chi connectivity index (χ0n) is 38.6. The van der Waals surface area contributed by atoms with Crippen molar-refractivity contribution in [2.45, 2.75) is 76.7 Å². The highest BCUT2D eigenvalue weighted by atomic mass is 16.5. The molecule has 7 aromatic rings. The zero-order valence-corrected chi connectivity index (χ0v) is 38.6. The lowest BCUT2D eigenvalue weighted by molar-refractivity contribution is -0.0510. The van der Waals surface area contributed by atoms with Crippen molar-refractivity contribution in [1.29, 1.82) is 0 Å². The van der Waals surface area contributed by atoms with E-state index in [9.17, 15) is 0 Å². The Hall–Kier alpha value is -6.10. The first-order chi connectivity index (χ1) is 32.5. The Labute approximate surface area is 388 Å². The smallest absolute Gasteiger partial charge is 0.229 e. The number of aromatic nitrogens is 4. The van der Waals surface area contributed by atoms with E-state index < -0.39 is 12.2 Å². The number of fused-ring (bicyclic) bond motifs is 8. The molecule has 0 amide bonds. The fraction of sp³-hybridized carbons (Fsp3) is 0.393. The van der Waals surface area contributed by atoms with Gasteiger partial charge in [0, 0.05) is 52.9 Å². The van der Waals surface area contributed by atoms with E-state index in [1.54, 1.807) is 14.2 Å². The summed E-state index contributed by atoms with van der Waals surface area (Å²) >= 11 is 0. The maximum absolute atomic E-state index is 7.76. The third kappa shape index (κ3) is 7.91. The van der Waals surface area contributed by atoms with Gasteiger partial charge in [-0.1, -0.05) is 87.4 Å². The van der Waals surface area contributed by atoms with Gasteiger partial charge in [-0.15, -0.1) is 0 Å². The summed E-state index contributed by atoms with van der Waals surface area (Å²) in [4.78, 5) is 26.0. The highest BCUT2D eigenvalue weighted by Gasteiger charge is 2.47. The summed E-state index contributed by atoms with van der Waals surface area (Å²) in [5.41, 5.74) is 6.48. The molecule has 9 heterocycles. The normalized spacial score (nSPS) is 25.4. The van der Waals surface area contributed by atoms with Crippen LogP contribution in [0.3, 0.4) is 0 Å². The third-order valence-electron chi connectivity index (χ3n) is 15.6. The summed E-state index contributed by atoms with van der Waals surface area (Å²) in [5.74, 6) is 5.70. The van der Waals surface area contributed by atoms with Crippen molar-refractivity contribution in [3.05, 3.63) is 133 Å². The summed E-state index contributed by atoms with van der Waals surface area (Å²) < 4.78 is 27.2. The molecule has 0 spiro atoms. The number of benzene rings is 4. The standard InChI is InChI=1S/C56H60N6O4/c1-5-35-33-61-27-23-39(35)29-49(61)52(43-21-25-57-47-19-17-41(63-3)31-45(43)47)65-55-51(37-13-9-7-10-14-37)56(60-54(59-55)38-15-11-8-12-16-38)66-53(50-30-40-24-28-62(50)34-36(40)6-2)44-22-26-58-48-20-18-42(64-4)32-46(44)48/h7-22,25-26,31-32,35-36,39-40,49-50,52-53H,5-6,23-24,27-30,33-34H2,1-4H3/t35-,36-,39-,40+,49+,50-,52+,53-/m1/s1.